The maximum atomic E-state index is 11.3. The number of fused-ring (bicyclic) bond motifs is 1. The summed E-state index contributed by atoms with van der Waals surface area (Å²) in [4.78, 5) is 15.9. The summed E-state index contributed by atoms with van der Waals surface area (Å²) in [5.41, 5.74) is 6.14. The number of hydrogen-bond acceptors (Lipinski definition) is 3. The number of aliphatic imine (C=N–C) groups is 1. The number of phenols is 1. The molecular formula is C18H20N2O2. The zero-order valence-corrected chi connectivity index (χ0v) is 12.4. The van der Waals surface area contributed by atoms with E-state index in [9.17, 15) is 9.90 Å². The molecular weight excluding hydrogens is 276 g/mol. The third-order valence-corrected chi connectivity index (χ3v) is 4.41. The number of aromatic hydroxyl groups is 1. The maximum Gasteiger partial charge on any atom is 0.220 e. The topological polar surface area (TPSA) is 75.7 Å². The van der Waals surface area contributed by atoms with Crippen LogP contribution in [0.1, 0.15) is 31.2 Å². The molecule has 2 atom stereocenters. The van der Waals surface area contributed by atoms with Crippen molar-refractivity contribution in [3.8, 4) is 5.75 Å². The van der Waals surface area contributed by atoms with Gasteiger partial charge in [0.25, 0.3) is 0 Å². The Morgan fingerprint density at radius 3 is 2.86 bits per heavy atom. The van der Waals surface area contributed by atoms with E-state index in [0.29, 0.717) is 6.42 Å². The smallest absolute Gasteiger partial charge is 0.220 e. The van der Waals surface area contributed by atoms with Gasteiger partial charge >= 0.3 is 0 Å². The molecule has 4 heteroatoms. The van der Waals surface area contributed by atoms with Crippen LogP contribution in [0.15, 0.2) is 41.4 Å². The molecule has 2 aromatic carbocycles. The van der Waals surface area contributed by atoms with Crippen molar-refractivity contribution in [2.45, 2.75) is 31.7 Å². The van der Waals surface area contributed by atoms with Crippen LogP contribution in [0, 0.1) is 5.92 Å². The number of phenolic OH excluding ortho intramolecular Hbond substituents is 1. The van der Waals surface area contributed by atoms with Gasteiger partial charge in [0, 0.05) is 17.7 Å². The first-order valence-electron chi connectivity index (χ1n) is 7.68. The summed E-state index contributed by atoms with van der Waals surface area (Å²) < 4.78 is 0. The van der Waals surface area contributed by atoms with Crippen LogP contribution in [0.25, 0.3) is 10.8 Å². The summed E-state index contributed by atoms with van der Waals surface area (Å²) in [6.07, 6.45) is 5.24. The van der Waals surface area contributed by atoms with Gasteiger partial charge in [0.05, 0.1) is 6.04 Å². The number of primary amides is 1. The molecule has 0 bridgehead atoms. The Morgan fingerprint density at radius 1 is 1.23 bits per heavy atom. The summed E-state index contributed by atoms with van der Waals surface area (Å²) >= 11 is 0. The molecule has 1 amide bonds. The molecule has 1 fully saturated rings. The van der Waals surface area contributed by atoms with Gasteiger partial charge in [-0.15, -0.1) is 0 Å². The van der Waals surface area contributed by atoms with E-state index in [1.165, 1.54) is 0 Å². The van der Waals surface area contributed by atoms with Crippen LogP contribution in [0.5, 0.6) is 5.75 Å². The minimum atomic E-state index is -0.229. The average molecular weight is 296 g/mol. The average Bonchev–Trinajstić information content (AvgIpc) is 2.54. The molecule has 0 aliphatic heterocycles. The number of hydrogen-bond donors (Lipinski definition) is 2. The van der Waals surface area contributed by atoms with E-state index in [4.69, 9.17) is 5.73 Å². The molecule has 1 saturated carbocycles. The van der Waals surface area contributed by atoms with E-state index in [2.05, 4.69) is 4.99 Å². The fourth-order valence-electron chi connectivity index (χ4n) is 3.16. The van der Waals surface area contributed by atoms with Gasteiger partial charge in [-0.1, -0.05) is 36.8 Å². The zero-order valence-electron chi connectivity index (χ0n) is 12.4. The second-order valence-electron chi connectivity index (χ2n) is 5.92. The van der Waals surface area contributed by atoms with Crippen molar-refractivity contribution in [2.24, 2.45) is 16.6 Å². The lowest BCUT2D eigenvalue weighted by Crippen LogP contribution is -2.30. The fourth-order valence-corrected chi connectivity index (χ4v) is 3.16. The summed E-state index contributed by atoms with van der Waals surface area (Å²) in [6.45, 7) is 0. The lowest BCUT2D eigenvalue weighted by Gasteiger charge is -2.24. The molecule has 0 radical (unpaired) electrons. The summed E-state index contributed by atoms with van der Waals surface area (Å²) in [6, 6.07) is 11.6. The molecule has 0 aromatic heterocycles. The molecule has 1 aliphatic rings. The van der Waals surface area contributed by atoms with Crippen molar-refractivity contribution in [3.05, 3.63) is 42.0 Å². The van der Waals surface area contributed by atoms with Crippen LogP contribution in [0.2, 0.25) is 0 Å². The van der Waals surface area contributed by atoms with Crippen LogP contribution in [0.4, 0.5) is 0 Å². The van der Waals surface area contributed by atoms with Crippen LogP contribution in [0.3, 0.4) is 0 Å². The molecule has 1 aliphatic carbocycles. The standard InChI is InChI=1S/C18H20N2O2/c19-18(22)13-5-3-6-14(10-13)20-11-16-15-7-2-1-4-12(15)8-9-17(16)21/h1-2,4,7-9,11,13-14,21H,3,5-6,10H2,(H2,19,22). The van der Waals surface area contributed by atoms with Crippen molar-refractivity contribution in [2.75, 3.05) is 0 Å². The number of carbonyl (C=O) groups is 1. The molecule has 22 heavy (non-hydrogen) atoms. The highest BCUT2D eigenvalue weighted by atomic mass is 16.3. The Kier molecular flexibility index (Phi) is 4.09. The molecule has 0 spiro atoms. The first-order valence-corrected chi connectivity index (χ1v) is 7.68. The Morgan fingerprint density at radius 2 is 2.05 bits per heavy atom. The normalized spacial score (nSPS) is 22.2. The van der Waals surface area contributed by atoms with Crippen molar-refractivity contribution in [1.29, 1.82) is 0 Å². The zero-order chi connectivity index (χ0) is 15.5. The van der Waals surface area contributed by atoms with E-state index < -0.39 is 0 Å². The first-order chi connectivity index (χ1) is 10.6. The first kappa shape index (κ1) is 14.6. The van der Waals surface area contributed by atoms with E-state index in [-0.39, 0.29) is 23.6 Å². The van der Waals surface area contributed by atoms with Crippen molar-refractivity contribution in [1.82, 2.24) is 0 Å². The Labute approximate surface area is 129 Å². The maximum absolute atomic E-state index is 11.3. The summed E-state index contributed by atoms with van der Waals surface area (Å²) in [7, 11) is 0. The predicted octanol–water partition coefficient (Wildman–Crippen LogP) is 3.01. The van der Waals surface area contributed by atoms with E-state index >= 15 is 0 Å². The Balaban J connectivity index is 1.86. The van der Waals surface area contributed by atoms with Crippen molar-refractivity contribution >= 4 is 22.9 Å². The minimum absolute atomic E-state index is 0.0722. The van der Waals surface area contributed by atoms with Gasteiger partial charge in [0.1, 0.15) is 5.75 Å². The summed E-state index contributed by atoms with van der Waals surface area (Å²) in [5, 5.41) is 12.2. The third-order valence-electron chi connectivity index (χ3n) is 4.41. The summed E-state index contributed by atoms with van der Waals surface area (Å²) in [5.74, 6) is -0.0744. The number of nitrogens with zero attached hydrogens (tertiary/aromatic N) is 1. The van der Waals surface area contributed by atoms with E-state index in [1.807, 2.05) is 30.3 Å². The predicted molar refractivity (Wildman–Crippen MR) is 88.1 cm³/mol. The number of nitrogens with two attached hydrogens (primary N) is 1. The lowest BCUT2D eigenvalue weighted by atomic mass is 9.85. The molecule has 3 rings (SSSR count). The molecule has 4 nitrogen and oxygen atoms in total. The van der Waals surface area contributed by atoms with Crippen molar-refractivity contribution < 1.29 is 9.90 Å². The molecule has 114 valence electrons. The van der Waals surface area contributed by atoms with Crippen LogP contribution in [-0.4, -0.2) is 23.3 Å². The van der Waals surface area contributed by atoms with Gasteiger partial charge in [-0.25, -0.2) is 0 Å². The number of amides is 1. The van der Waals surface area contributed by atoms with Gasteiger partial charge in [-0.2, -0.15) is 0 Å². The highest BCUT2D eigenvalue weighted by Gasteiger charge is 2.24. The molecule has 2 unspecified atom stereocenters. The molecule has 3 N–H and O–H groups in total. The van der Waals surface area contributed by atoms with Gasteiger partial charge in [0.15, 0.2) is 0 Å². The van der Waals surface area contributed by atoms with Crippen LogP contribution < -0.4 is 5.73 Å². The number of carbonyl (C=O) groups excluding carboxylic acids is 1. The van der Waals surface area contributed by atoms with E-state index in [1.54, 1.807) is 12.3 Å². The van der Waals surface area contributed by atoms with Crippen LogP contribution >= 0.6 is 0 Å². The fraction of sp³-hybridized carbons (Fsp3) is 0.333. The molecule has 0 heterocycles. The highest BCUT2D eigenvalue weighted by Crippen LogP contribution is 2.28. The quantitative estimate of drug-likeness (QED) is 0.854. The van der Waals surface area contributed by atoms with Gasteiger partial charge < -0.3 is 10.8 Å². The third kappa shape index (κ3) is 2.96. The second kappa shape index (κ2) is 6.18. The van der Waals surface area contributed by atoms with Gasteiger partial charge in [-0.3, -0.25) is 9.79 Å². The molecule has 0 saturated heterocycles. The minimum Gasteiger partial charge on any atom is -0.507 e. The largest absolute Gasteiger partial charge is 0.507 e. The SMILES string of the molecule is NC(=O)C1CCCC(N=Cc2c(O)ccc3ccccc23)C1. The highest BCUT2D eigenvalue weighted by molar-refractivity contribution is 6.02. The Hall–Kier alpha value is -2.36. The van der Waals surface area contributed by atoms with Crippen LogP contribution in [-0.2, 0) is 4.79 Å². The lowest BCUT2D eigenvalue weighted by molar-refractivity contribution is -0.122. The number of benzene rings is 2. The second-order valence-corrected chi connectivity index (χ2v) is 5.92. The monoisotopic (exact) mass is 296 g/mol. The van der Waals surface area contributed by atoms with Crippen molar-refractivity contribution in [3.63, 3.8) is 0 Å². The number of rotatable bonds is 3. The Bertz CT molecular complexity index is 724. The van der Waals surface area contributed by atoms with Gasteiger partial charge in [0.2, 0.25) is 5.91 Å². The van der Waals surface area contributed by atoms with E-state index in [0.717, 1.165) is 35.6 Å². The molecule has 2 aromatic rings. The van der Waals surface area contributed by atoms with Gasteiger partial charge in [-0.05, 0) is 36.1 Å².